The van der Waals surface area contributed by atoms with Crippen molar-refractivity contribution in [2.45, 2.75) is 50.1 Å². The van der Waals surface area contributed by atoms with Crippen molar-refractivity contribution in [3.8, 4) is 0 Å². The number of carbonyl (C=O) groups is 1. The molecule has 7 nitrogen and oxygen atoms in total. The molecule has 0 bridgehead atoms. The number of fused-ring (bicyclic) bond motifs is 3. The molecule has 0 saturated heterocycles. The third-order valence-electron chi connectivity index (χ3n) is 5.21. The number of aromatic nitrogens is 4. The van der Waals surface area contributed by atoms with Crippen LogP contribution in [-0.4, -0.2) is 30.3 Å². The molecule has 166 valence electrons. The van der Waals surface area contributed by atoms with Crippen molar-refractivity contribution < 1.29 is 9.18 Å². The summed E-state index contributed by atoms with van der Waals surface area (Å²) < 4.78 is 16.9. The van der Waals surface area contributed by atoms with Crippen LogP contribution >= 0.6 is 11.8 Å². The van der Waals surface area contributed by atoms with Crippen LogP contribution in [0.15, 0.2) is 58.5 Å². The van der Waals surface area contributed by atoms with E-state index in [1.165, 1.54) is 23.9 Å². The fourth-order valence-corrected chi connectivity index (χ4v) is 4.41. The van der Waals surface area contributed by atoms with Gasteiger partial charge >= 0.3 is 0 Å². The van der Waals surface area contributed by atoms with E-state index in [-0.39, 0.29) is 11.5 Å². The van der Waals surface area contributed by atoms with Crippen LogP contribution in [0.5, 0.6) is 0 Å². The van der Waals surface area contributed by atoms with Gasteiger partial charge in [-0.3, -0.25) is 18.6 Å². The second-order valence-electron chi connectivity index (χ2n) is 7.56. The molecular formula is C23H24FN5O2S. The van der Waals surface area contributed by atoms with Gasteiger partial charge in [-0.2, -0.15) is 0 Å². The number of anilines is 1. The van der Waals surface area contributed by atoms with E-state index in [1.807, 2.05) is 22.6 Å². The molecule has 0 aliphatic rings. The molecule has 0 fully saturated rings. The maximum Gasteiger partial charge on any atom is 0.262 e. The Morgan fingerprint density at radius 3 is 2.75 bits per heavy atom. The molecule has 2 aromatic heterocycles. The van der Waals surface area contributed by atoms with E-state index in [4.69, 9.17) is 0 Å². The van der Waals surface area contributed by atoms with E-state index in [0.29, 0.717) is 34.1 Å². The summed E-state index contributed by atoms with van der Waals surface area (Å²) in [6.07, 6.45) is 2.93. The molecule has 1 amide bonds. The summed E-state index contributed by atoms with van der Waals surface area (Å²) in [5.74, 6) is -0.234. The average molecular weight is 454 g/mol. The molecule has 0 aliphatic carbocycles. The number of para-hydroxylation sites is 1. The summed E-state index contributed by atoms with van der Waals surface area (Å²) in [5.41, 5.74) is 0.998. The van der Waals surface area contributed by atoms with Gasteiger partial charge in [0.05, 0.1) is 16.2 Å². The van der Waals surface area contributed by atoms with Crippen molar-refractivity contribution in [1.29, 1.82) is 0 Å². The number of benzene rings is 2. The molecular weight excluding hydrogens is 429 g/mol. The number of thioether (sulfide) groups is 1. The predicted octanol–water partition coefficient (Wildman–Crippen LogP) is 4.49. The molecule has 1 unspecified atom stereocenters. The summed E-state index contributed by atoms with van der Waals surface area (Å²) in [7, 11) is 0. The minimum absolute atomic E-state index is 0.0925. The second kappa shape index (κ2) is 9.52. The first kappa shape index (κ1) is 22.0. The van der Waals surface area contributed by atoms with Gasteiger partial charge in [0.15, 0.2) is 5.16 Å². The highest BCUT2D eigenvalue weighted by Gasteiger charge is 2.21. The Hall–Kier alpha value is -3.20. The van der Waals surface area contributed by atoms with Gasteiger partial charge in [0.1, 0.15) is 5.82 Å². The third-order valence-corrected chi connectivity index (χ3v) is 6.25. The summed E-state index contributed by atoms with van der Waals surface area (Å²) in [5, 5.41) is 11.9. The zero-order chi connectivity index (χ0) is 22.7. The molecule has 32 heavy (non-hydrogen) atoms. The highest BCUT2D eigenvalue weighted by atomic mass is 32.2. The van der Waals surface area contributed by atoms with Crippen LogP contribution in [0.2, 0.25) is 0 Å². The highest BCUT2D eigenvalue weighted by Crippen LogP contribution is 2.26. The molecule has 9 heteroatoms. The molecule has 2 aromatic carbocycles. The van der Waals surface area contributed by atoms with Crippen LogP contribution in [0.25, 0.3) is 16.7 Å². The Morgan fingerprint density at radius 1 is 1.16 bits per heavy atom. The maximum absolute atomic E-state index is 13.4. The van der Waals surface area contributed by atoms with Crippen molar-refractivity contribution in [2.24, 2.45) is 0 Å². The zero-order valence-corrected chi connectivity index (χ0v) is 18.7. The molecule has 4 rings (SSSR count). The first-order chi connectivity index (χ1) is 15.5. The molecule has 0 aliphatic heterocycles. The van der Waals surface area contributed by atoms with Crippen molar-refractivity contribution in [1.82, 2.24) is 19.2 Å². The zero-order valence-electron chi connectivity index (χ0n) is 17.9. The predicted molar refractivity (Wildman–Crippen MR) is 125 cm³/mol. The van der Waals surface area contributed by atoms with E-state index < -0.39 is 11.1 Å². The highest BCUT2D eigenvalue weighted by molar-refractivity contribution is 8.00. The van der Waals surface area contributed by atoms with Crippen LogP contribution in [0.3, 0.4) is 0 Å². The van der Waals surface area contributed by atoms with Gasteiger partial charge in [-0.15, -0.1) is 10.2 Å². The van der Waals surface area contributed by atoms with Crippen molar-refractivity contribution in [2.75, 3.05) is 5.32 Å². The van der Waals surface area contributed by atoms with Crippen LogP contribution in [-0.2, 0) is 11.3 Å². The topological polar surface area (TPSA) is 81.3 Å². The fraction of sp³-hybridized carbons (Fsp3) is 0.304. The lowest BCUT2D eigenvalue weighted by Gasteiger charge is -2.13. The minimum Gasteiger partial charge on any atom is -0.325 e. The van der Waals surface area contributed by atoms with Gasteiger partial charge in [0.2, 0.25) is 11.7 Å². The quantitative estimate of drug-likeness (QED) is 0.314. The van der Waals surface area contributed by atoms with E-state index >= 15 is 0 Å². The lowest BCUT2D eigenvalue weighted by molar-refractivity contribution is -0.115. The number of amides is 1. The normalized spacial score (nSPS) is 12.3. The third kappa shape index (κ3) is 4.38. The van der Waals surface area contributed by atoms with E-state index in [0.717, 1.165) is 19.3 Å². The number of halogens is 1. The van der Waals surface area contributed by atoms with Gasteiger partial charge in [-0.25, -0.2) is 4.39 Å². The van der Waals surface area contributed by atoms with Crippen LogP contribution in [0, 0.1) is 5.82 Å². The van der Waals surface area contributed by atoms with Crippen LogP contribution in [0.1, 0.15) is 33.1 Å². The van der Waals surface area contributed by atoms with E-state index in [2.05, 4.69) is 22.4 Å². The van der Waals surface area contributed by atoms with Crippen LogP contribution < -0.4 is 10.9 Å². The lowest BCUT2D eigenvalue weighted by atomic mass is 10.2. The number of aryl methyl sites for hydroxylation is 1. The number of nitrogens with one attached hydrogen (secondary N) is 1. The summed E-state index contributed by atoms with van der Waals surface area (Å²) >= 11 is 1.24. The van der Waals surface area contributed by atoms with Crippen LogP contribution in [0.4, 0.5) is 10.1 Å². The number of hydrogen-bond acceptors (Lipinski definition) is 5. The van der Waals surface area contributed by atoms with Gasteiger partial charge < -0.3 is 5.32 Å². The van der Waals surface area contributed by atoms with Gasteiger partial charge in [0.25, 0.3) is 5.56 Å². The number of nitrogens with zero attached hydrogens (tertiary/aromatic N) is 4. The fourth-order valence-electron chi connectivity index (χ4n) is 3.55. The first-order valence-corrected chi connectivity index (χ1v) is 11.5. The molecule has 4 aromatic rings. The Kier molecular flexibility index (Phi) is 6.55. The second-order valence-corrected chi connectivity index (χ2v) is 8.87. The molecule has 1 atom stereocenters. The molecule has 0 saturated carbocycles. The molecule has 0 spiro atoms. The molecule has 2 heterocycles. The van der Waals surface area contributed by atoms with Crippen molar-refractivity contribution in [3.05, 3.63) is 64.7 Å². The smallest absolute Gasteiger partial charge is 0.262 e. The number of hydrogen-bond donors (Lipinski definition) is 1. The monoisotopic (exact) mass is 453 g/mol. The van der Waals surface area contributed by atoms with E-state index in [9.17, 15) is 14.0 Å². The summed E-state index contributed by atoms with van der Waals surface area (Å²) in [6.45, 7) is 4.42. The SMILES string of the molecule is CCCCCn1c(=O)c2ccccc2n2c(SC(C)C(=O)Nc3cccc(F)c3)nnc12. The summed E-state index contributed by atoms with van der Waals surface area (Å²) in [6, 6.07) is 13.1. The molecule has 1 N–H and O–H groups in total. The first-order valence-electron chi connectivity index (χ1n) is 10.6. The van der Waals surface area contributed by atoms with Gasteiger partial charge in [-0.1, -0.05) is 49.7 Å². The van der Waals surface area contributed by atoms with Gasteiger partial charge in [0, 0.05) is 12.2 Å². The number of rotatable bonds is 8. The van der Waals surface area contributed by atoms with E-state index in [1.54, 1.807) is 29.7 Å². The maximum atomic E-state index is 13.4. The van der Waals surface area contributed by atoms with Crippen molar-refractivity contribution >= 4 is 40.0 Å². The number of unbranched alkanes of at least 4 members (excludes halogenated alkanes) is 2. The Bertz CT molecular complexity index is 1330. The Labute approximate surface area is 188 Å². The Morgan fingerprint density at radius 2 is 1.97 bits per heavy atom. The lowest BCUT2D eigenvalue weighted by Crippen LogP contribution is -2.24. The minimum atomic E-state index is -0.523. The largest absolute Gasteiger partial charge is 0.325 e. The van der Waals surface area contributed by atoms with Gasteiger partial charge in [-0.05, 0) is 43.7 Å². The number of carbonyl (C=O) groups excluding carboxylic acids is 1. The van der Waals surface area contributed by atoms with Crippen molar-refractivity contribution in [3.63, 3.8) is 0 Å². The Balaban J connectivity index is 1.68. The summed E-state index contributed by atoms with van der Waals surface area (Å²) in [4.78, 5) is 25.8. The average Bonchev–Trinajstić information content (AvgIpc) is 3.19. The molecule has 0 radical (unpaired) electrons. The standard InChI is InChI=1S/C23H24FN5O2S/c1-3-4-7-13-28-21(31)18-11-5-6-12-19(18)29-22(28)26-27-23(29)32-15(2)20(30)25-17-10-8-9-16(24)14-17/h5-6,8-12,14-15H,3-4,7,13H2,1-2H3,(H,25,30).